The number of rotatable bonds is 7. The van der Waals surface area contributed by atoms with E-state index < -0.39 is 30.4 Å². The maximum absolute atomic E-state index is 12.4. The van der Waals surface area contributed by atoms with Crippen LogP contribution in [0.4, 0.5) is 5.69 Å². The average Bonchev–Trinajstić information content (AvgIpc) is 3.19. The van der Waals surface area contributed by atoms with E-state index in [-0.39, 0.29) is 0 Å². The number of ether oxygens (including phenoxy) is 2. The Balaban J connectivity index is 1.38. The van der Waals surface area contributed by atoms with Crippen molar-refractivity contribution in [3.63, 3.8) is 0 Å². The molecule has 1 unspecified atom stereocenters. The molecule has 0 spiro atoms. The van der Waals surface area contributed by atoms with E-state index >= 15 is 0 Å². The molecular weight excluding hydrogens is 424 g/mol. The number of para-hydroxylation sites is 1. The van der Waals surface area contributed by atoms with E-state index in [1.165, 1.54) is 14.0 Å². The van der Waals surface area contributed by atoms with Crippen LogP contribution in [0.1, 0.15) is 17.3 Å². The van der Waals surface area contributed by atoms with Gasteiger partial charge in [0.15, 0.2) is 6.61 Å². The van der Waals surface area contributed by atoms with E-state index in [1.54, 1.807) is 42.5 Å². The average molecular weight is 446 g/mol. The largest absolute Gasteiger partial charge is 0.495 e. The zero-order valence-electron chi connectivity index (χ0n) is 18.1. The summed E-state index contributed by atoms with van der Waals surface area (Å²) in [7, 11) is 1.50. The van der Waals surface area contributed by atoms with Crippen LogP contribution in [0.3, 0.4) is 0 Å². The third-order valence-corrected chi connectivity index (χ3v) is 5.06. The Hall–Kier alpha value is -4.33. The molecule has 3 aromatic carbocycles. The van der Waals surface area contributed by atoms with Gasteiger partial charge in [-0.2, -0.15) is 0 Å². The molecule has 0 aliphatic carbocycles. The first-order valence-electron chi connectivity index (χ1n) is 10.3. The summed E-state index contributed by atoms with van der Waals surface area (Å²) in [5.74, 6) is -1.25. The van der Waals surface area contributed by atoms with E-state index in [1.807, 2.05) is 24.3 Å². The van der Waals surface area contributed by atoms with Gasteiger partial charge in [0, 0.05) is 22.4 Å². The summed E-state index contributed by atoms with van der Waals surface area (Å²) in [4.78, 5) is 36.8. The molecule has 1 aromatic heterocycles. The van der Waals surface area contributed by atoms with Crippen LogP contribution >= 0.6 is 0 Å². The van der Waals surface area contributed by atoms with Crippen LogP contribution in [0.5, 0.6) is 5.75 Å². The van der Waals surface area contributed by atoms with Gasteiger partial charge in [-0.1, -0.05) is 36.4 Å². The maximum Gasteiger partial charge on any atom is 0.328 e. The van der Waals surface area contributed by atoms with Crippen molar-refractivity contribution in [2.45, 2.75) is 13.0 Å². The number of furan rings is 1. The minimum absolute atomic E-state index is 0.385. The van der Waals surface area contributed by atoms with Crippen molar-refractivity contribution in [3.8, 4) is 5.75 Å². The zero-order chi connectivity index (χ0) is 23.4. The van der Waals surface area contributed by atoms with Gasteiger partial charge in [-0.15, -0.1) is 0 Å². The van der Waals surface area contributed by atoms with Gasteiger partial charge in [-0.3, -0.25) is 9.59 Å². The summed E-state index contributed by atoms with van der Waals surface area (Å²) in [5.41, 5.74) is 2.11. The van der Waals surface area contributed by atoms with Crippen LogP contribution in [0.25, 0.3) is 21.9 Å². The molecule has 1 heterocycles. The van der Waals surface area contributed by atoms with Crippen molar-refractivity contribution in [1.29, 1.82) is 0 Å². The molecule has 0 aliphatic rings. The van der Waals surface area contributed by atoms with Crippen LogP contribution < -0.4 is 15.4 Å². The number of carbonyl (C=O) groups excluding carboxylic acids is 3. The predicted molar refractivity (Wildman–Crippen MR) is 123 cm³/mol. The molecule has 0 bridgehead atoms. The number of nitrogens with one attached hydrogen (secondary N) is 2. The van der Waals surface area contributed by atoms with Gasteiger partial charge in [0.25, 0.3) is 11.8 Å². The van der Waals surface area contributed by atoms with Gasteiger partial charge in [-0.25, -0.2) is 4.79 Å². The first-order chi connectivity index (χ1) is 16.0. The molecule has 0 fully saturated rings. The Morgan fingerprint density at radius 2 is 1.67 bits per heavy atom. The summed E-state index contributed by atoms with van der Waals surface area (Å²) in [5, 5.41) is 7.00. The fourth-order valence-corrected chi connectivity index (χ4v) is 3.39. The molecule has 0 saturated carbocycles. The number of hydrogen-bond acceptors (Lipinski definition) is 6. The molecule has 8 nitrogen and oxygen atoms in total. The minimum atomic E-state index is -0.924. The molecule has 8 heteroatoms. The number of esters is 1. The third-order valence-electron chi connectivity index (χ3n) is 5.06. The van der Waals surface area contributed by atoms with E-state index in [0.717, 1.165) is 16.4 Å². The van der Waals surface area contributed by atoms with Gasteiger partial charge < -0.3 is 24.5 Å². The lowest BCUT2D eigenvalue weighted by Crippen LogP contribution is -2.40. The number of methoxy groups -OCH3 is 1. The van der Waals surface area contributed by atoms with Crippen molar-refractivity contribution in [3.05, 3.63) is 72.3 Å². The van der Waals surface area contributed by atoms with Crippen molar-refractivity contribution >= 4 is 45.4 Å². The SMILES string of the molecule is COc1cc2c(cc1NC(=O)COC(=O)C(C)NC(=O)c1ccccc1)oc1ccccc12. The number of fused-ring (bicyclic) bond motifs is 3. The van der Waals surface area contributed by atoms with Crippen LogP contribution in [0.2, 0.25) is 0 Å². The van der Waals surface area contributed by atoms with Crippen molar-refractivity contribution in [2.75, 3.05) is 19.0 Å². The first-order valence-corrected chi connectivity index (χ1v) is 10.3. The van der Waals surface area contributed by atoms with E-state index in [2.05, 4.69) is 10.6 Å². The summed E-state index contributed by atoms with van der Waals surface area (Å²) >= 11 is 0. The molecule has 0 aliphatic heterocycles. The fraction of sp³-hybridized carbons (Fsp3) is 0.160. The number of amides is 2. The van der Waals surface area contributed by atoms with Crippen molar-refractivity contribution in [1.82, 2.24) is 5.32 Å². The number of hydrogen-bond donors (Lipinski definition) is 2. The molecule has 2 amide bonds. The summed E-state index contributed by atoms with van der Waals surface area (Å²) < 4.78 is 16.3. The highest BCUT2D eigenvalue weighted by molar-refractivity contribution is 6.08. The van der Waals surface area contributed by atoms with Gasteiger partial charge in [0.1, 0.15) is 23.0 Å². The lowest BCUT2D eigenvalue weighted by molar-refractivity contribution is -0.148. The second-order valence-corrected chi connectivity index (χ2v) is 7.36. The highest BCUT2D eigenvalue weighted by Gasteiger charge is 2.20. The topological polar surface area (TPSA) is 107 Å². The summed E-state index contributed by atoms with van der Waals surface area (Å²) in [6.45, 7) is 0.964. The molecule has 1 atom stereocenters. The molecule has 4 aromatic rings. The number of carbonyl (C=O) groups is 3. The smallest absolute Gasteiger partial charge is 0.328 e. The second-order valence-electron chi connectivity index (χ2n) is 7.36. The zero-order valence-corrected chi connectivity index (χ0v) is 18.1. The second kappa shape index (κ2) is 9.44. The maximum atomic E-state index is 12.4. The summed E-state index contributed by atoms with van der Waals surface area (Å²) in [6.07, 6.45) is 0. The van der Waals surface area contributed by atoms with Crippen LogP contribution in [0, 0.1) is 0 Å². The Morgan fingerprint density at radius 3 is 2.42 bits per heavy atom. The minimum Gasteiger partial charge on any atom is -0.495 e. The molecule has 4 rings (SSSR count). The number of benzene rings is 3. The van der Waals surface area contributed by atoms with Crippen LogP contribution in [0.15, 0.2) is 71.1 Å². The predicted octanol–water partition coefficient (Wildman–Crippen LogP) is 3.89. The number of anilines is 1. The standard InChI is InChI=1S/C25H22N2O6/c1-15(26-24(29)16-8-4-3-5-9-16)25(30)32-14-23(28)27-19-13-21-18(12-22(19)31-2)17-10-6-7-11-20(17)33-21/h3-13,15H,14H2,1-2H3,(H,26,29)(H,27,28). The Kier molecular flexibility index (Phi) is 6.26. The van der Waals surface area contributed by atoms with E-state index in [0.29, 0.717) is 22.6 Å². The van der Waals surface area contributed by atoms with Gasteiger partial charge in [0.05, 0.1) is 12.8 Å². The van der Waals surface area contributed by atoms with Gasteiger partial charge in [0.2, 0.25) is 0 Å². The molecular formula is C25H22N2O6. The van der Waals surface area contributed by atoms with Crippen LogP contribution in [-0.4, -0.2) is 37.5 Å². The fourth-order valence-electron chi connectivity index (χ4n) is 3.39. The molecule has 2 N–H and O–H groups in total. The van der Waals surface area contributed by atoms with Gasteiger partial charge >= 0.3 is 5.97 Å². The molecule has 0 radical (unpaired) electrons. The van der Waals surface area contributed by atoms with E-state index in [4.69, 9.17) is 13.9 Å². The van der Waals surface area contributed by atoms with Gasteiger partial charge in [-0.05, 0) is 31.2 Å². The van der Waals surface area contributed by atoms with E-state index in [9.17, 15) is 14.4 Å². The van der Waals surface area contributed by atoms with Crippen molar-refractivity contribution < 1.29 is 28.3 Å². The quantitative estimate of drug-likeness (QED) is 0.417. The first kappa shape index (κ1) is 21.9. The molecule has 168 valence electrons. The Labute approximate surface area is 189 Å². The third kappa shape index (κ3) is 4.79. The lowest BCUT2D eigenvalue weighted by Gasteiger charge is -2.14. The Bertz CT molecular complexity index is 1330. The molecule has 33 heavy (non-hydrogen) atoms. The summed E-state index contributed by atoms with van der Waals surface area (Å²) in [6, 6.07) is 18.6. The normalized spacial score (nSPS) is 11.7. The monoisotopic (exact) mass is 446 g/mol. The highest BCUT2D eigenvalue weighted by atomic mass is 16.5. The molecule has 0 saturated heterocycles. The lowest BCUT2D eigenvalue weighted by atomic mass is 10.1. The van der Waals surface area contributed by atoms with Crippen LogP contribution in [-0.2, 0) is 14.3 Å². The Morgan fingerprint density at radius 1 is 0.939 bits per heavy atom. The van der Waals surface area contributed by atoms with Crippen molar-refractivity contribution in [2.24, 2.45) is 0 Å². The highest BCUT2D eigenvalue weighted by Crippen LogP contribution is 2.36.